The summed E-state index contributed by atoms with van der Waals surface area (Å²) in [5.74, 6) is -1.85. The summed E-state index contributed by atoms with van der Waals surface area (Å²) in [5, 5.41) is 16.9. The van der Waals surface area contributed by atoms with Gasteiger partial charge in [0.15, 0.2) is 0 Å². The molecule has 0 heterocycles. The summed E-state index contributed by atoms with van der Waals surface area (Å²) in [6.07, 6.45) is -0.231. The first-order valence-corrected chi connectivity index (χ1v) is 9.15. The van der Waals surface area contributed by atoms with Gasteiger partial charge in [-0.05, 0) is 36.1 Å². The van der Waals surface area contributed by atoms with Crippen molar-refractivity contribution in [1.29, 1.82) is 0 Å². The van der Waals surface area contributed by atoms with Gasteiger partial charge >= 0.3 is 0 Å². The fraction of sp³-hybridized carbons (Fsp3) is 0.286. The van der Waals surface area contributed by atoms with Crippen LogP contribution in [-0.4, -0.2) is 22.4 Å². The zero-order chi connectivity index (χ0) is 22.5. The second kappa shape index (κ2) is 9.25. The smallest absolute Gasteiger partial charge is 0.271 e. The average Bonchev–Trinajstić information content (AvgIpc) is 2.67. The zero-order valence-corrected chi connectivity index (χ0v) is 17.2. The largest absolute Gasteiger partial charge is 0.323 e. The lowest BCUT2D eigenvalue weighted by molar-refractivity contribution is -0.384. The molecule has 0 aliphatic rings. The van der Waals surface area contributed by atoms with Crippen molar-refractivity contribution in [3.8, 4) is 0 Å². The van der Waals surface area contributed by atoms with Crippen molar-refractivity contribution in [2.75, 3.05) is 5.32 Å². The number of hydrogen-bond acceptors (Lipinski definition) is 5. The van der Waals surface area contributed by atoms with Crippen molar-refractivity contribution in [3.63, 3.8) is 0 Å². The molecule has 2 amide bonds. The fourth-order valence-corrected chi connectivity index (χ4v) is 2.52. The first kappa shape index (κ1) is 22.7. The van der Waals surface area contributed by atoms with E-state index in [-0.39, 0.29) is 28.9 Å². The minimum absolute atomic E-state index is 0.0320. The highest BCUT2D eigenvalue weighted by molar-refractivity contribution is 6.06. The molecule has 0 saturated heterocycles. The van der Waals surface area contributed by atoms with E-state index in [2.05, 4.69) is 36.6 Å². The molecule has 2 rings (SSSR count). The summed E-state index contributed by atoms with van der Waals surface area (Å²) in [6.45, 7) is 7.73. The Balaban J connectivity index is 1.96. The first-order valence-electron chi connectivity index (χ1n) is 9.15. The van der Waals surface area contributed by atoms with Crippen LogP contribution in [0.25, 0.3) is 0 Å². The fourth-order valence-electron chi connectivity index (χ4n) is 2.52. The van der Waals surface area contributed by atoms with Crippen LogP contribution in [0.1, 0.15) is 50.0 Å². The first-order chi connectivity index (χ1) is 14.0. The lowest BCUT2D eigenvalue weighted by Gasteiger charge is -2.18. The molecule has 0 saturated carbocycles. The van der Waals surface area contributed by atoms with Crippen LogP contribution >= 0.6 is 0 Å². The van der Waals surface area contributed by atoms with Gasteiger partial charge in [-0.15, -0.1) is 0 Å². The molecule has 9 heteroatoms. The molecule has 0 atom stereocenters. The third-order valence-electron chi connectivity index (χ3n) is 4.21. The third-order valence-corrected chi connectivity index (χ3v) is 4.21. The van der Waals surface area contributed by atoms with Gasteiger partial charge in [0.05, 0.1) is 17.0 Å². The molecule has 30 heavy (non-hydrogen) atoms. The maximum Gasteiger partial charge on any atom is 0.271 e. The molecular weight excluding hydrogens is 391 g/mol. The van der Waals surface area contributed by atoms with E-state index in [1.165, 1.54) is 6.92 Å². The number of nitro groups is 1. The Morgan fingerprint density at radius 2 is 1.77 bits per heavy atom. The topological polar surface area (TPSA) is 114 Å². The summed E-state index contributed by atoms with van der Waals surface area (Å²) >= 11 is 0. The number of nitro benzene ring substituents is 1. The lowest BCUT2D eigenvalue weighted by Crippen LogP contribution is -2.22. The monoisotopic (exact) mass is 414 g/mol. The van der Waals surface area contributed by atoms with Crippen molar-refractivity contribution < 1.29 is 18.9 Å². The van der Waals surface area contributed by atoms with Crippen LogP contribution in [0.4, 0.5) is 15.8 Å². The normalized spacial score (nSPS) is 11.7. The van der Waals surface area contributed by atoms with Crippen LogP contribution in [-0.2, 0) is 10.2 Å². The number of anilines is 1. The van der Waals surface area contributed by atoms with E-state index in [9.17, 15) is 24.1 Å². The van der Waals surface area contributed by atoms with Gasteiger partial charge in [0.25, 0.3) is 11.6 Å². The lowest BCUT2D eigenvalue weighted by atomic mass is 9.87. The summed E-state index contributed by atoms with van der Waals surface area (Å²) < 4.78 is 13.7. The predicted molar refractivity (Wildman–Crippen MR) is 112 cm³/mol. The zero-order valence-electron chi connectivity index (χ0n) is 17.2. The number of amides is 2. The standard InChI is InChI=1S/C21H23FN4O4/c1-13(11-19(27)23-18-12-16(26(29)30)9-10-17(18)22)24-25-20(28)14-5-7-15(8-6-14)21(2,3)4/h5-10,12H,11H2,1-4H3,(H,23,27)(H,25,28). The molecule has 2 aromatic carbocycles. The summed E-state index contributed by atoms with van der Waals surface area (Å²) in [7, 11) is 0. The number of nitrogens with zero attached hydrogens (tertiary/aromatic N) is 2. The molecule has 0 spiro atoms. The van der Waals surface area contributed by atoms with E-state index in [0.29, 0.717) is 5.56 Å². The highest BCUT2D eigenvalue weighted by Gasteiger charge is 2.15. The average molecular weight is 414 g/mol. The Kier molecular flexibility index (Phi) is 6.99. The van der Waals surface area contributed by atoms with Crippen molar-refractivity contribution in [2.45, 2.75) is 39.5 Å². The van der Waals surface area contributed by atoms with Gasteiger partial charge in [-0.1, -0.05) is 32.9 Å². The van der Waals surface area contributed by atoms with Gasteiger partial charge < -0.3 is 5.32 Å². The summed E-state index contributed by atoms with van der Waals surface area (Å²) in [5.41, 5.74) is 3.47. The van der Waals surface area contributed by atoms with E-state index < -0.39 is 22.6 Å². The summed E-state index contributed by atoms with van der Waals surface area (Å²) in [6, 6.07) is 9.96. The van der Waals surface area contributed by atoms with Crippen molar-refractivity contribution >= 4 is 28.9 Å². The van der Waals surface area contributed by atoms with Crippen LogP contribution in [0.5, 0.6) is 0 Å². The van der Waals surface area contributed by atoms with Gasteiger partial charge in [0.2, 0.25) is 5.91 Å². The second-order valence-corrected chi connectivity index (χ2v) is 7.76. The van der Waals surface area contributed by atoms with Crippen molar-refractivity contribution in [2.24, 2.45) is 5.10 Å². The number of nitrogens with one attached hydrogen (secondary N) is 2. The maximum atomic E-state index is 13.7. The van der Waals surface area contributed by atoms with E-state index in [0.717, 1.165) is 23.8 Å². The highest BCUT2D eigenvalue weighted by atomic mass is 19.1. The minimum atomic E-state index is -0.796. The van der Waals surface area contributed by atoms with E-state index in [1.54, 1.807) is 12.1 Å². The van der Waals surface area contributed by atoms with Gasteiger partial charge in [0, 0.05) is 23.4 Å². The molecule has 0 aliphatic carbocycles. The van der Waals surface area contributed by atoms with Gasteiger partial charge in [-0.2, -0.15) is 5.10 Å². The van der Waals surface area contributed by atoms with Crippen LogP contribution in [0.2, 0.25) is 0 Å². The number of hydrogen-bond donors (Lipinski definition) is 2. The van der Waals surface area contributed by atoms with Crippen molar-refractivity contribution in [3.05, 3.63) is 69.5 Å². The van der Waals surface area contributed by atoms with Crippen molar-refractivity contribution in [1.82, 2.24) is 5.43 Å². The molecule has 0 unspecified atom stereocenters. The second-order valence-electron chi connectivity index (χ2n) is 7.76. The Morgan fingerprint density at radius 3 is 2.33 bits per heavy atom. The van der Waals surface area contributed by atoms with Gasteiger partial charge in [-0.3, -0.25) is 19.7 Å². The number of benzene rings is 2. The molecule has 0 aliphatic heterocycles. The third kappa shape index (κ3) is 6.20. The van der Waals surface area contributed by atoms with E-state index in [4.69, 9.17) is 0 Å². The van der Waals surface area contributed by atoms with Crippen LogP contribution < -0.4 is 10.7 Å². The molecule has 0 aromatic heterocycles. The van der Waals surface area contributed by atoms with E-state index >= 15 is 0 Å². The predicted octanol–water partition coefficient (Wildman–Crippen LogP) is 4.17. The van der Waals surface area contributed by atoms with Gasteiger partial charge in [-0.25, -0.2) is 9.82 Å². The number of non-ortho nitro benzene ring substituents is 1. The van der Waals surface area contributed by atoms with Crippen LogP contribution in [0.3, 0.4) is 0 Å². The number of carbonyl (C=O) groups excluding carboxylic acids is 2. The van der Waals surface area contributed by atoms with Gasteiger partial charge in [0.1, 0.15) is 5.82 Å². The van der Waals surface area contributed by atoms with E-state index in [1.807, 2.05) is 12.1 Å². The Labute approximate surface area is 173 Å². The Hall–Kier alpha value is -3.62. The Bertz CT molecular complexity index is 995. The molecular formula is C21H23FN4O4. The molecule has 0 fully saturated rings. The number of halogens is 1. The van der Waals surface area contributed by atoms with Crippen LogP contribution in [0, 0.1) is 15.9 Å². The molecule has 0 bridgehead atoms. The summed E-state index contributed by atoms with van der Waals surface area (Å²) in [4.78, 5) is 34.3. The highest BCUT2D eigenvalue weighted by Crippen LogP contribution is 2.22. The number of rotatable bonds is 6. The SMILES string of the molecule is CC(CC(=O)Nc1cc([N+](=O)[O-])ccc1F)=NNC(=O)c1ccc(C(C)(C)C)cc1. The molecule has 2 aromatic rings. The minimum Gasteiger partial charge on any atom is -0.323 e. The number of carbonyl (C=O) groups is 2. The maximum absolute atomic E-state index is 13.7. The Morgan fingerprint density at radius 1 is 1.13 bits per heavy atom. The molecule has 8 nitrogen and oxygen atoms in total. The number of hydrazone groups is 1. The molecule has 0 radical (unpaired) electrons. The van der Waals surface area contributed by atoms with Crippen LogP contribution in [0.15, 0.2) is 47.6 Å². The molecule has 2 N–H and O–H groups in total. The molecule has 158 valence electrons. The quantitative estimate of drug-likeness (QED) is 0.419.